The minimum atomic E-state index is -3.53. The number of aryl methyl sites for hydroxylation is 1. The van der Waals surface area contributed by atoms with Crippen LogP contribution in [0.2, 0.25) is 0 Å². The van der Waals surface area contributed by atoms with Crippen molar-refractivity contribution in [1.82, 2.24) is 20.2 Å². The van der Waals surface area contributed by atoms with E-state index in [4.69, 9.17) is 0 Å². The summed E-state index contributed by atoms with van der Waals surface area (Å²) in [6.07, 6.45) is 5.23. The van der Waals surface area contributed by atoms with Crippen molar-refractivity contribution in [2.45, 2.75) is 63.6 Å². The molecule has 0 saturated heterocycles. The third kappa shape index (κ3) is 3.59. The van der Waals surface area contributed by atoms with E-state index in [1.165, 1.54) is 6.42 Å². The number of hydrogen-bond acceptors (Lipinski definition) is 4. The first-order valence-electron chi connectivity index (χ1n) is 7.31. The smallest absolute Gasteiger partial charge is 0.260 e. The van der Waals surface area contributed by atoms with Crippen molar-refractivity contribution in [1.29, 1.82) is 0 Å². The zero-order valence-corrected chi connectivity index (χ0v) is 13.0. The second kappa shape index (κ2) is 6.69. The summed E-state index contributed by atoms with van der Waals surface area (Å²) < 4.78 is 27.8. The van der Waals surface area contributed by atoms with E-state index in [-0.39, 0.29) is 11.1 Å². The fourth-order valence-corrected chi connectivity index (χ4v) is 4.11. The number of rotatable bonds is 6. The van der Waals surface area contributed by atoms with E-state index in [0.717, 1.165) is 43.5 Å². The lowest BCUT2D eigenvalue weighted by atomic mass is 9.96. The number of nitrogens with one attached hydrogen (secondary N) is 3. The van der Waals surface area contributed by atoms with Gasteiger partial charge in [-0.15, -0.1) is 0 Å². The highest BCUT2D eigenvalue weighted by Gasteiger charge is 2.27. The Morgan fingerprint density at radius 1 is 1.30 bits per heavy atom. The van der Waals surface area contributed by atoms with Crippen LogP contribution < -0.4 is 10.0 Å². The van der Waals surface area contributed by atoms with E-state index >= 15 is 0 Å². The van der Waals surface area contributed by atoms with Crippen molar-refractivity contribution >= 4 is 10.0 Å². The van der Waals surface area contributed by atoms with Gasteiger partial charge in [0, 0.05) is 23.8 Å². The molecule has 1 aliphatic rings. The van der Waals surface area contributed by atoms with Gasteiger partial charge in [-0.1, -0.05) is 26.2 Å². The molecule has 114 valence electrons. The minimum Gasteiger partial charge on any atom is -0.313 e. The average molecular weight is 300 g/mol. The standard InChI is InChI=1S/C13H24N4O2S/c1-3-14-9-12-10(2)15-16-13(12)20(18,19)17-11-7-5-4-6-8-11/h11,14,17H,3-9H2,1-2H3,(H,15,16). The molecule has 0 unspecified atom stereocenters. The van der Waals surface area contributed by atoms with Crippen molar-refractivity contribution in [3.8, 4) is 0 Å². The molecule has 0 spiro atoms. The van der Waals surface area contributed by atoms with E-state index < -0.39 is 10.0 Å². The predicted molar refractivity (Wildman–Crippen MR) is 77.9 cm³/mol. The maximum absolute atomic E-state index is 12.5. The molecule has 20 heavy (non-hydrogen) atoms. The van der Waals surface area contributed by atoms with Crippen molar-refractivity contribution < 1.29 is 8.42 Å². The first-order valence-corrected chi connectivity index (χ1v) is 8.79. The largest absolute Gasteiger partial charge is 0.313 e. The van der Waals surface area contributed by atoms with Crippen LogP contribution in [0.25, 0.3) is 0 Å². The van der Waals surface area contributed by atoms with Gasteiger partial charge in [0.15, 0.2) is 5.03 Å². The fourth-order valence-electron chi connectivity index (χ4n) is 2.61. The van der Waals surface area contributed by atoms with E-state index in [0.29, 0.717) is 6.54 Å². The highest BCUT2D eigenvalue weighted by molar-refractivity contribution is 7.89. The van der Waals surface area contributed by atoms with Crippen LogP contribution >= 0.6 is 0 Å². The molecule has 1 fully saturated rings. The third-order valence-corrected chi connectivity index (χ3v) is 5.26. The van der Waals surface area contributed by atoms with E-state index in [1.54, 1.807) is 0 Å². The van der Waals surface area contributed by atoms with Gasteiger partial charge in [0.05, 0.1) is 0 Å². The first-order chi connectivity index (χ1) is 9.54. The SMILES string of the molecule is CCNCc1c(S(=O)(=O)NC2CCCCC2)n[nH]c1C. The fraction of sp³-hybridized carbons (Fsp3) is 0.769. The highest BCUT2D eigenvalue weighted by atomic mass is 32.2. The summed E-state index contributed by atoms with van der Waals surface area (Å²) in [5.74, 6) is 0. The Morgan fingerprint density at radius 3 is 2.65 bits per heavy atom. The number of H-pyrrole nitrogens is 1. The van der Waals surface area contributed by atoms with Gasteiger partial charge in [-0.2, -0.15) is 5.10 Å². The van der Waals surface area contributed by atoms with Crippen molar-refractivity contribution in [3.05, 3.63) is 11.3 Å². The Bertz CT molecular complexity index is 533. The Morgan fingerprint density at radius 2 is 2.00 bits per heavy atom. The van der Waals surface area contributed by atoms with Crippen molar-refractivity contribution in [2.75, 3.05) is 6.54 Å². The maximum atomic E-state index is 12.5. The van der Waals surface area contributed by atoms with Crippen molar-refractivity contribution in [3.63, 3.8) is 0 Å². The number of aromatic amines is 1. The minimum absolute atomic E-state index is 0.0535. The Balaban J connectivity index is 2.16. The molecule has 0 bridgehead atoms. The summed E-state index contributed by atoms with van der Waals surface area (Å²) in [5, 5.41) is 10.1. The molecule has 7 heteroatoms. The molecule has 1 heterocycles. The molecule has 0 radical (unpaired) electrons. The maximum Gasteiger partial charge on any atom is 0.260 e. The number of sulfonamides is 1. The number of aromatic nitrogens is 2. The molecule has 0 aliphatic heterocycles. The van der Waals surface area contributed by atoms with Crippen molar-refractivity contribution in [2.24, 2.45) is 0 Å². The van der Waals surface area contributed by atoms with Crippen LogP contribution in [0.1, 0.15) is 50.3 Å². The lowest BCUT2D eigenvalue weighted by Gasteiger charge is -2.22. The molecule has 0 atom stereocenters. The van der Waals surface area contributed by atoms with Crippen LogP contribution in [0.5, 0.6) is 0 Å². The molecule has 0 aromatic carbocycles. The van der Waals surface area contributed by atoms with Gasteiger partial charge in [0.1, 0.15) is 0 Å². The normalized spacial score (nSPS) is 17.5. The van der Waals surface area contributed by atoms with Crippen LogP contribution in [0.3, 0.4) is 0 Å². The van der Waals surface area contributed by atoms with Gasteiger partial charge in [0.25, 0.3) is 10.0 Å². The lowest BCUT2D eigenvalue weighted by molar-refractivity contribution is 0.411. The number of nitrogens with zero attached hydrogens (tertiary/aromatic N) is 1. The molecule has 6 nitrogen and oxygen atoms in total. The van der Waals surface area contributed by atoms with Gasteiger partial charge in [-0.05, 0) is 26.3 Å². The Labute approximate surface area is 120 Å². The first kappa shape index (κ1) is 15.5. The highest BCUT2D eigenvalue weighted by Crippen LogP contribution is 2.21. The number of hydrogen-bond donors (Lipinski definition) is 3. The average Bonchev–Trinajstić information content (AvgIpc) is 2.79. The zero-order chi connectivity index (χ0) is 14.6. The predicted octanol–water partition coefficient (Wildman–Crippen LogP) is 1.44. The van der Waals surface area contributed by atoms with E-state index in [9.17, 15) is 8.42 Å². The molecule has 0 amide bonds. The van der Waals surface area contributed by atoms with Gasteiger partial charge in [-0.3, -0.25) is 5.10 Å². The summed E-state index contributed by atoms with van der Waals surface area (Å²) in [4.78, 5) is 0. The second-order valence-electron chi connectivity index (χ2n) is 5.37. The summed E-state index contributed by atoms with van der Waals surface area (Å²) in [7, 11) is -3.53. The van der Waals surface area contributed by atoms with E-state index in [1.807, 2.05) is 13.8 Å². The molecule has 1 aromatic heterocycles. The van der Waals surface area contributed by atoms with Gasteiger partial charge in [-0.25, -0.2) is 13.1 Å². The van der Waals surface area contributed by atoms with Crippen LogP contribution in [-0.4, -0.2) is 31.2 Å². The topological polar surface area (TPSA) is 86.9 Å². The summed E-state index contributed by atoms with van der Waals surface area (Å²) >= 11 is 0. The molecule has 2 rings (SSSR count). The van der Waals surface area contributed by atoms with Gasteiger partial charge in [0.2, 0.25) is 0 Å². The quantitative estimate of drug-likeness (QED) is 0.742. The molecule has 1 aliphatic carbocycles. The van der Waals surface area contributed by atoms with Crippen LogP contribution in [0, 0.1) is 6.92 Å². The molecular formula is C13H24N4O2S. The molecular weight excluding hydrogens is 276 g/mol. The summed E-state index contributed by atoms with van der Waals surface area (Å²) in [6.45, 7) is 5.14. The summed E-state index contributed by atoms with van der Waals surface area (Å²) in [5.41, 5.74) is 1.53. The van der Waals surface area contributed by atoms with Crippen LogP contribution in [0.4, 0.5) is 0 Å². The van der Waals surface area contributed by atoms with E-state index in [2.05, 4.69) is 20.2 Å². The molecule has 1 aromatic rings. The lowest BCUT2D eigenvalue weighted by Crippen LogP contribution is -2.37. The van der Waals surface area contributed by atoms with Gasteiger partial charge >= 0.3 is 0 Å². The Hall–Kier alpha value is -0.920. The van der Waals surface area contributed by atoms with Crippen LogP contribution in [0.15, 0.2) is 5.03 Å². The second-order valence-corrected chi connectivity index (χ2v) is 7.00. The van der Waals surface area contributed by atoms with Crippen LogP contribution in [-0.2, 0) is 16.6 Å². The molecule has 3 N–H and O–H groups in total. The Kier molecular flexibility index (Phi) is 5.17. The zero-order valence-electron chi connectivity index (χ0n) is 12.2. The third-order valence-electron chi connectivity index (χ3n) is 3.77. The monoisotopic (exact) mass is 300 g/mol. The molecule has 1 saturated carbocycles. The van der Waals surface area contributed by atoms with Gasteiger partial charge < -0.3 is 5.32 Å². The summed E-state index contributed by atoms with van der Waals surface area (Å²) in [6, 6.07) is 0.0535.